The number of benzene rings is 1. The molecule has 0 saturated heterocycles. The van der Waals surface area contributed by atoms with Gasteiger partial charge in [0.25, 0.3) is 0 Å². The van der Waals surface area contributed by atoms with Gasteiger partial charge in [-0.05, 0) is 23.6 Å². The van der Waals surface area contributed by atoms with E-state index >= 15 is 0 Å². The van der Waals surface area contributed by atoms with E-state index in [4.69, 9.17) is 10.5 Å². The first-order chi connectivity index (χ1) is 7.72. The molecule has 0 fully saturated rings. The van der Waals surface area contributed by atoms with Crippen LogP contribution in [0.5, 0.6) is 0 Å². The van der Waals surface area contributed by atoms with Gasteiger partial charge in [0.15, 0.2) is 0 Å². The zero-order chi connectivity index (χ0) is 11.8. The second-order valence-corrected chi connectivity index (χ2v) is 5.34. The van der Waals surface area contributed by atoms with Crippen LogP contribution in [0.15, 0.2) is 29.2 Å². The number of thioether (sulfide) groups is 1. The summed E-state index contributed by atoms with van der Waals surface area (Å²) in [6, 6.07) is 8.37. The number of rotatable bonds is 7. The maximum absolute atomic E-state index is 5.59. The minimum atomic E-state index is 0.609. The molecule has 0 unspecified atom stereocenters. The van der Waals surface area contributed by atoms with Gasteiger partial charge in [0.1, 0.15) is 0 Å². The van der Waals surface area contributed by atoms with Gasteiger partial charge in [-0.25, -0.2) is 0 Å². The van der Waals surface area contributed by atoms with Gasteiger partial charge in [0.05, 0.1) is 6.61 Å². The molecule has 1 aromatic carbocycles. The second-order valence-electron chi connectivity index (χ2n) is 4.17. The van der Waals surface area contributed by atoms with E-state index in [2.05, 4.69) is 38.1 Å². The molecule has 0 aliphatic rings. The fourth-order valence-corrected chi connectivity index (χ4v) is 2.15. The molecule has 2 nitrogen and oxygen atoms in total. The Balaban J connectivity index is 2.21. The van der Waals surface area contributed by atoms with Crippen molar-refractivity contribution in [1.82, 2.24) is 0 Å². The average Bonchev–Trinajstić information content (AvgIpc) is 2.28. The third-order valence-corrected chi connectivity index (χ3v) is 3.04. The maximum atomic E-state index is 5.59. The molecule has 0 radical (unpaired) electrons. The highest BCUT2D eigenvalue weighted by atomic mass is 32.2. The van der Waals surface area contributed by atoms with Gasteiger partial charge in [-0.15, -0.1) is 11.8 Å². The molecule has 2 N–H and O–H groups in total. The van der Waals surface area contributed by atoms with Crippen molar-refractivity contribution in [2.24, 2.45) is 11.7 Å². The van der Waals surface area contributed by atoms with Crippen LogP contribution in [0.2, 0.25) is 0 Å². The molecule has 0 aliphatic heterocycles. The lowest BCUT2D eigenvalue weighted by Crippen LogP contribution is -2.04. The third kappa shape index (κ3) is 5.54. The van der Waals surface area contributed by atoms with E-state index in [1.807, 2.05) is 11.8 Å². The molecule has 0 spiro atoms. The molecular weight excluding hydrogens is 218 g/mol. The van der Waals surface area contributed by atoms with E-state index in [-0.39, 0.29) is 0 Å². The highest BCUT2D eigenvalue weighted by molar-refractivity contribution is 7.99. The number of nitrogens with two attached hydrogens (primary N) is 1. The summed E-state index contributed by atoms with van der Waals surface area (Å²) in [4.78, 5) is 1.27. The topological polar surface area (TPSA) is 35.2 Å². The van der Waals surface area contributed by atoms with Gasteiger partial charge >= 0.3 is 0 Å². The first-order valence-corrected chi connectivity index (χ1v) is 6.70. The van der Waals surface area contributed by atoms with Gasteiger partial charge in [-0.2, -0.15) is 0 Å². The van der Waals surface area contributed by atoms with Crippen molar-refractivity contribution in [2.75, 3.05) is 19.0 Å². The second kappa shape index (κ2) is 7.71. The summed E-state index contributed by atoms with van der Waals surface area (Å²) in [7, 11) is 0. The summed E-state index contributed by atoms with van der Waals surface area (Å²) in [5, 5.41) is 0. The van der Waals surface area contributed by atoms with Gasteiger partial charge in [0.2, 0.25) is 0 Å². The van der Waals surface area contributed by atoms with Crippen molar-refractivity contribution in [3.63, 3.8) is 0 Å². The molecule has 0 amide bonds. The Morgan fingerprint density at radius 1 is 1.38 bits per heavy atom. The molecule has 0 atom stereocenters. The minimum absolute atomic E-state index is 0.609. The quantitative estimate of drug-likeness (QED) is 0.587. The smallest absolute Gasteiger partial charge is 0.0560 e. The van der Waals surface area contributed by atoms with Crippen LogP contribution in [-0.2, 0) is 11.3 Å². The maximum Gasteiger partial charge on any atom is 0.0560 e. The molecule has 0 aliphatic carbocycles. The van der Waals surface area contributed by atoms with Gasteiger partial charge in [0, 0.05) is 23.8 Å². The van der Waals surface area contributed by atoms with Crippen molar-refractivity contribution in [2.45, 2.75) is 25.3 Å². The van der Waals surface area contributed by atoms with Crippen LogP contribution in [0.1, 0.15) is 19.4 Å². The lowest BCUT2D eigenvalue weighted by molar-refractivity contribution is 0.124. The van der Waals surface area contributed by atoms with Gasteiger partial charge in [-0.1, -0.05) is 26.0 Å². The van der Waals surface area contributed by atoms with E-state index in [0.717, 1.165) is 19.0 Å². The van der Waals surface area contributed by atoms with E-state index in [1.54, 1.807) is 0 Å². The van der Waals surface area contributed by atoms with Crippen molar-refractivity contribution in [3.8, 4) is 0 Å². The highest BCUT2D eigenvalue weighted by Crippen LogP contribution is 2.18. The lowest BCUT2D eigenvalue weighted by atomic mass is 10.2. The van der Waals surface area contributed by atoms with Crippen LogP contribution in [0.25, 0.3) is 0 Å². The normalized spacial score (nSPS) is 11.0. The molecule has 0 aromatic heterocycles. The highest BCUT2D eigenvalue weighted by Gasteiger charge is 1.97. The summed E-state index contributed by atoms with van der Waals surface area (Å²) in [5.74, 6) is 1.62. The molecule has 16 heavy (non-hydrogen) atoms. The Labute approximate surface area is 103 Å². The molecule has 90 valence electrons. The van der Waals surface area contributed by atoms with Crippen LogP contribution in [-0.4, -0.2) is 19.0 Å². The lowest BCUT2D eigenvalue weighted by Gasteiger charge is -2.07. The Morgan fingerprint density at radius 2 is 2.19 bits per heavy atom. The van der Waals surface area contributed by atoms with Gasteiger partial charge < -0.3 is 10.5 Å². The molecule has 0 saturated carbocycles. The Morgan fingerprint density at radius 3 is 2.88 bits per heavy atom. The molecule has 1 aromatic rings. The van der Waals surface area contributed by atoms with Crippen molar-refractivity contribution >= 4 is 11.8 Å². The van der Waals surface area contributed by atoms with Crippen LogP contribution in [0, 0.1) is 5.92 Å². The zero-order valence-corrected chi connectivity index (χ0v) is 10.9. The summed E-state index contributed by atoms with van der Waals surface area (Å²) < 4.78 is 5.53. The molecule has 1 rings (SSSR count). The van der Waals surface area contributed by atoms with Crippen LogP contribution >= 0.6 is 11.8 Å². The Bertz CT molecular complexity index is 302. The Kier molecular flexibility index (Phi) is 6.53. The SMILES string of the molecule is CC(C)COCCSc1cccc(CN)c1. The summed E-state index contributed by atoms with van der Waals surface area (Å²) >= 11 is 1.82. The molecule has 3 heteroatoms. The van der Waals surface area contributed by atoms with Crippen molar-refractivity contribution < 1.29 is 4.74 Å². The summed E-state index contributed by atoms with van der Waals surface area (Å²) in [6.07, 6.45) is 0. The van der Waals surface area contributed by atoms with E-state index in [9.17, 15) is 0 Å². The molecular formula is C13H21NOS. The standard InChI is InChI=1S/C13H21NOS/c1-11(2)10-15-6-7-16-13-5-3-4-12(8-13)9-14/h3-5,8,11H,6-7,9-10,14H2,1-2H3. The van der Waals surface area contributed by atoms with Crippen LogP contribution in [0.3, 0.4) is 0 Å². The molecule has 0 heterocycles. The molecule has 0 bridgehead atoms. The number of hydrogen-bond donors (Lipinski definition) is 1. The van der Waals surface area contributed by atoms with Crippen LogP contribution in [0.4, 0.5) is 0 Å². The number of hydrogen-bond acceptors (Lipinski definition) is 3. The summed E-state index contributed by atoms with van der Waals surface area (Å²) in [5.41, 5.74) is 6.78. The van der Waals surface area contributed by atoms with Crippen molar-refractivity contribution in [1.29, 1.82) is 0 Å². The van der Waals surface area contributed by atoms with E-state index in [0.29, 0.717) is 12.5 Å². The largest absolute Gasteiger partial charge is 0.380 e. The minimum Gasteiger partial charge on any atom is -0.380 e. The van der Waals surface area contributed by atoms with Crippen LogP contribution < -0.4 is 5.73 Å². The average molecular weight is 239 g/mol. The van der Waals surface area contributed by atoms with Crippen molar-refractivity contribution in [3.05, 3.63) is 29.8 Å². The van der Waals surface area contributed by atoms with Gasteiger partial charge in [-0.3, -0.25) is 0 Å². The van der Waals surface area contributed by atoms with E-state index < -0.39 is 0 Å². The fourth-order valence-electron chi connectivity index (χ4n) is 1.30. The monoisotopic (exact) mass is 239 g/mol. The number of ether oxygens (including phenoxy) is 1. The first kappa shape index (κ1) is 13.6. The fraction of sp³-hybridized carbons (Fsp3) is 0.538. The summed E-state index contributed by atoms with van der Waals surface area (Å²) in [6.45, 7) is 6.60. The first-order valence-electron chi connectivity index (χ1n) is 5.72. The predicted octanol–water partition coefficient (Wildman–Crippen LogP) is 2.91. The van der Waals surface area contributed by atoms with E-state index in [1.165, 1.54) is 10.5 Å². The third-order valence-electron chi connectivity index (χ3n) is 2.08. The Hall–Kier alpha value is -0.510. The predicted molar refractivity (Wildman–Crippen MR) is 70.7 cm³/mol. The zero-order valence-electron chi connectivity index (χ0n) is 10.1.